The van der Waals surface area contributed by atoms with Crippen molar-refractivity contribution in [2.45, 2.75) is 6.10 Å². The molecule has 1 N–H and O–H groups in total. The third-order valence-corrected chi connectivity index (χ3v) is 4.00. The Hall–Kier alpha value is -2.17. The summed E-state index contributed by atoms with van der Waals surface area (Å²) in [5.41, 5.74) is 0.555. The number of pyridine rings is 1. The average molecular weight is 301 g/mol. The number of aromatic nitrogens is 1. The van der Waals surface area contributed by atoms with Crippen molar-refractivity contribution < 1.29 is 9.53 Å². The maximum absolute atomic E-state index is 12.4. The fourth-order valence-corrected chi connectivity index (χ4v) is 2.72. The lowest BCUT2D eigenvalue weighted by atomic mass is 10.2. The van der Waals surface area contributed by atoms with Gasteiger partial charge in [0.25, 0.3) is 5.91 Å². The van der Waals surface area contributed by atoms with Crippen LogP contribution in [0.5, 0.6) is 0 Å². The lowest BCUT2D eigenvalue weighted by Gasteiger charge is -2.37. The van der Waals surface area contributed by atoms with Gasteiger partial charge in [-0.25, -0.2) is 4.98 Å². The number of morpholine rings is 1. The van der Waals surface area contributed by atoms with Gasteiger partial charge in [-0.2, -0.15) is 5.26 Å². The van der Waals surface area contributed by atoms with E-state index in [4.69, 9.17) is 10.00 Å². The molecule has 2 aliphatic heterocycles. The van der Waals surface area contributed by atoms with Crippen molar-refractivity contribution in [2.75, 3.05) is 50.8 Å². The van der Waals surface area contributed by atoms with Crippen molar-refractivity contribution in [2.24, 2.45) is 0 Å². The molecular weight excluding hydrogens is 282 g/mol. The summed E-state index contributed by atoms with van der Waals surface area (Å²) in [6, 6.07) is 5.68. The van der Waals surface area contributed by atoms with Crippen LogP contribution in [-0.2, 0) is 9.53 Å². The van der Waals surface area contributed by atoms with Gasteiger partial charge in [0.15, 0.2) is 0 Å². The van der Waals surface area contributed by atoms with Crippen LogP contribution in [0.1, 0.15) is 5.56 Å². The molecule has 3 heterocycles. The molecule has 0 saturated carbocycles. The maximum atomic E-state index is 12.4. The zero-order valence-electron chi connectivity index (χ0n) is 12.4. The lowest BCUT2D eigenvalue weighted by Crippen LogP contribution is -2.55. The third kappa shape index (κ3) is 3.18. The van der Waals surface area contributed by atoms with Crippen LogP contribution in [0.15, 0.2) is 18.3 Å². The Morgan fingerprint density at radius 2 is 2.18 bits per heavy atom. The monoisotopic (exact) mass is 301 g/mol. The molecule has 2 fully saturated rings. The Kier molecular flexibility index (Phi) is 4.51. The Bertz CT molecular complexity index is 554. The summed E-state index contributed by atoms with van der Waals surface area (Å²) in [6.07, 6.45) is 1.22. The van der Waals surface area contributed by atoms with Crippen molar-refractivity contribution in [1.82, 2.24) is 15.2 Å². The number of anilines is 1. The predicted octanol–water partition coefficient (Wildman–Crippen LogP) is -0.410. The molecule has 7 heteroatoms. The Balaban J connectivity index is 1.55. The number of hydrogen-bond donors (Lipinski definition) is 1. The van der Waals surface area contributed by atoms with Gasteiger partial charge in [-0.15, -0.1) is 0 Å². The minimum atomic E-state index is -0.353. The van der Waals surface area contributed by atoms with Crippen molar-refractivity contribution in [1.29, 1.82) is 5.26 Å². The quantitative estimate of drug-likeness (QED) is 0.800. The van der Waals surface area contributed by atoms with Gasteiger partial charge >= 0.3 is 0 Å². The maximum Gasteiger partial charge on any atom is 0.253 e. The van der Waals surface area contributed by atoms with Crippen molar-refractivity contribution in [3.8, 4) is 6.07 Å². The van der Waals surface area contributed by atoms with Gasteiger partial charge in [0.05, 0.1) is 12.2 Å². The Morgan fingerprint density at radius 3 is 2.77 bits per heavy atom. The fraction of sp³-hybridized carbons (Fsp3) is 0.533. The fourth-order valence-electron chi connectivity index (χ4n) is 2.72. The van der Waals surface area contributed by atoms with Crippen LogP contribution in [0.4, 0.5) is 5.82 Å². The summed E-state index contributed by atoms with van der Waals surface area (Å²) in [6.45, 7) is 4.81. The van der Waals surface area contributed by atoms with E-state index in [2.05, 4.69) is 21.3 Å². The highest BCUT2D eigenvalue weighted by Crippen LogP contribution is 2.15. The SMILES string of the molecule is N#Cc1ccc(N2CCN(C(=O)[C@H]3CNCCO3)CC2)nc1. The number of amides is 1. The molecule has 2 saturated heterocycles. The summed E-state index contributed by atoms with van der Waals surface area (Å²) >= 11 is 0. The van der Waals surface area contributed by atoms with E-state index in [-0.39, 0.29) is 12.0 Å². The Morgan fingerprint density at radius 1 is 1.36 bits per heavy atom. The number of nitrogens with zero attached hydrogens (tertiary/aromatic N) is 4. The second-order valence-corrected chi connectivity index (χ2v) is 5.39. The first-order chi connectivity index (χ1) is 10.8. The van der Waals surface area contributed by atoms with Crippen molar-refractivity contribution in [3.63, 3.8) is 0 Å². The minimum absolute atomic E-state index is 0.0691. The van der Waals surface area contributed by atoms with E-state index in [0.717, 1.165) is 25.5 Å². The molecule has 7 nitrogen and oxygen atoms in total. The van der Waals surface area contributed by atoms with Crippen LogP contribution in [0, 0.1) is 11.3 Å². The first-order valence-corrected chi connectivity index (χ1v) is 7.50. The van der Waals surface area contributed by atoms with Crippen LogP contribution in [0.25, 0.3) is 0 Å². The first kappa shape index (κ1) is 14.8. The molecule has 116 valence electrons. The van der Waals surface area contributed by atoms with E-state index in [0.29, 0.717) is 31.8 Å². The highest BCUT2D eigenvalue weighted by molar-refractivity contribution is 5.81. The molecule has 1 amide bonds. The summed E-state index contributed by atoms with van der Waals surface area (Å²) in [4.78, 5) is 20.7. The number of rotatable bonds is 2. The molecule has 0 bridgehead atoms. The topological polar surface area (TPSA) is 81.5 Å². The van der Waals surface area contributed by atoms with Gasteiger partial charge in [0.2, 0.25) is 0 Å². The van der Waals surface area contributed by atoms with E-state index >= 15 is 0 Å². The number of ether oxygens (including phenoxy) is 1. The third-order valence-electron chi connectivity index (χ3n) is 4.00. The van der Waals surface area contributed by atoms with Gasteiger partial charge in [0, 0.05) is 45.5 Å². The standard InChI is InChI=1S/C15H19N5O2/c16-9-12-1-2-14(18-10-12)19-4-6-20(7-5-19)15(21)13-11-17-3-8-22-13/h1-2,10,13,17H,3-8,11H2/t13-/m1/s1. The lowest BCUT2D eigenvalue weighted by molar-refractivity contribution is -0.145. The molecule has 0 aromatic carbocycles. The second kappa shape index (κ2) is 6.73. The molecule has 1 atom stereocenters. The molecule has 1 aromatic heterocycles. The van der Waals surface area contributed by atoms with Gasteiger partial charge in [-0.05, 0) is 12.1 Å². The molecule has 0 radical (unpaired) electrons. The van der Waals surface area contributed by atoms with Crippen LogP contribution in [0.2, 0.25) is 0 Å². The summed E-state index contributed by atoms with van der Waals surface area (Å²) in [7, 11) is 0. The molecule has 2 aliphatic rings. The van der Waals surface area contributed by atoms with Crippen LogP contribution in [0.3, 0.4) is 0 Å². The van der Waals surface area contributed by atoms with E-state index < -0.39 is 0 Å². The predicted molar refractivity (Wildman–Crippen MR) is 80.4 cm³/mol. The van der Waals surface area contributed by atoms with Gasteiger partial charge in [-0.3, -0.25) is 4.79 Å². The minimum Gasteiger partial charge on any atom is -0.366 e. The zero-order valence-corrected chi connectivity index (χ0v) is 12.4. The van der Waals surface area contributed by atoms with Crippen LogP contribution >= 0.6 is 0 Å². The summed E-state index contributed by atoms with van der Waals surface area (Å²) < 4.78 is 5.52. The number of piperazine rings is 1. The Labute approximate surface area is 129 Å². The number of carbonyl (C=O) groups excluding carboxylic acids is 1. The molecule has 22 heavy (non-hydrogen) atoms. The van der Waals surface area contributed by atoms with Gasteiger partial charge < -0.3 is 19.9 Å². The average Bonchev–Trinajstić information content (AvgIpc) is 2.62. The zero-order chi connectivity index (χ0) is 15.4. The number of nitrogens with one attached hydrogen (secondary N) is 1. The van der Waals surface area contributed by atoms with E-state index in [1.807, 2.05) is 11.0 Å². The molecule has 0 spiro atoms. The first-order valence-electron chi connectivity index (χ1n) is 7.50. The summed E-state index contributed by atoms with van der Waals surface area (Å²) in [5, 5.41) is 12.0. The highest BCUT2D eigenvalue weighted by Gasteiger charge is 2.29. The van der Waals surface area contributed by atoms with Crippen molar-refractivity contribution >= 4 is 11.7 Å². The number of carbonyl (C=O) groups is 1. The smallest absolute Gasteiger partial charge is 0.253 e. The number of hydrogen-bond acceptors (Lipinski definition) is 6. The normalized spacial score (nSPS) is 22.2. The van der Waals surface area contributed by atoms with Gasteiger partial charge in [0.1, 0.15) is 18.0 Å². The van der Waals surface area contributed by atoms with Gasteiger partial charge in [-0.1, -0.05) is 0 Å². The molecule has 0 aliphatic carbocycles. The molecule has 3 rings (SSSR count). The van der Waals surface area contributed by atoms with E-state index in [1.165, 1.54) is 0 Å². The van der Waals surface area contributed by atoms with E-state index in [1.54, 1.807) is 12.3 Å². The largest absolute Gasteiger partial charge is 0.366 e. The van der Waals surface area contributed by atoms with Crippen LogP contribution < -0.4 is 10.2 Å². The van der Waals surface area contributed by atoms with E-state index in [9.17, 15) is 4.79 Å². The summed E-state index contributed by atoms with van der Waals surface area (Å²) in [5.74, 6) is 0.918. The molecular formula is C15H19N5O2. The highest BCUT2D eigenvalue weighted by atomic mass is 16.5. The molecule has 0 unspecified atom stereocenters. The van der Waals surface area contributed by atoms with Crippen LogP contribution in [-0.4, -0.2) is 67.8 Å². The number of nitriles is 1. The molecule has 1 aromatic rings. The second-order valence-electron chi connectivity index (χ2n) is 5.39. The van der Waals surface area contributed by atoms with Crippen molar-refractivity contribution in [3.05, 3.63) is 23.9 Å².